The molecule has 0 unspecified atom stereocenters. The van der Waals surface area contributed by atoms with Gasteiger partial charge in [0.15, 0.2) is 0 Å². The molecule has 1 amide bonds. The summed E-state index contributed by atoms with van der Waals surface area (Å²) in [6.45, 7) is 2.99. The fourth-order valence-electron chi connectivity index (χ4n) is 4.89. The van der Waals surface area contributed by atoms with Crippen LogP contribution >= 0.6 is 0 Å². The normalized spacial score (nSPS) is 24.6. The largest absolute Gasteiger partial charge is 0.497 e. The van der Waals surface area contributed by atoms with Gasteiger partial charge in [0.1, 0.15) is 5.75 Å². The van der Waals surface area contributed by atoms with Crippen molar-refractivity contribution in [2.75, 3.05) is 7.11 Å². The lowest BCUT2D eigenvalue weighted by atomic mass is 9.81. The summed E-state index contributed by atoms with van der Waals surface area (Å²) in [4.78, 5) is 15.4. The second kappa shape index (κ2) is 8.36. The maximum Gasteiger partial charge on any atom is 0.251 e. The molecule has 0 aromatic heterocycles. The molecule has 4 nitrogen and oxygen atoms in total. The van der Waals surface area contributed by atoms with Crippen molar-refractivity contribution >= 4 is 5.91 Å². The number of aryl methyl sites for hydroxylation is 1. The lowest BCUT2D eigenvalue weighted by molar-refractivity contribution is 0.0177. The fraction of sp³-hybridized carbons (Fsp3) is 0.458. The molecule has 2 heterocycles. The molecule has 148 valence electrons. The first-order valence-corrected chi connectivity index (χ1v) is 10.4. The van der Waals surface area contributed by atoms with Crippen LogP contribution in [0.3, 0.4) is 0 Å². The molecular formula is C24H30N2O2. The lowest BCUT2D eigenvalue weighted by Crippen LogP contribution is -2.56. The van der Waals surface area contributed by atoms with Crippen molar-refractivity contribution in [1.29, 1.82) is 0 Å². The monoisotopic (exact) mass is 378 g/mol. The van der Waals surface area contributed by atoms with Gasteiger partial charge in [0, 0.05) is 30.2 Å². The third-order valence-corrected chi connectivity index (χ3v) is 6.38. The molecule has 0 spiro atoms. The van der Waals surface area contributed by atoms with Crippen molar-refractivity contribution in [2.24, 2.45) is 0 Å². The van der Waals surface area contributed by atoms with Gasteiger partial charge in [0.25, 0.3) is 5.91 Å². The topological polar surface area (TPSA) is 41.6 Å². The number of hydrogen-bond acceptors (Lipinski definition) is 3. The van der Waals surface area contributed by atoms with E-state index in [-0.39, 0.29) is 11.9 Å². The molecule has 0 saturated carbocycles. The summed E-state index contributed by atoms with van der Waals surface area (Å²) in [7, 11) is 1.70. The Bertz CT molecular complexity index is 804. The van der Waals surface area contributed by atoms with Gasteiger partial charge >= 0.3 is 0 Å². The van der Waals surface area contributed by atoms with E-state index < -0.39 is 0 Å². The summed E-state index contributed by atoms with van der Waals surface area (Å²) in [6, 6.07) is 17.6. The molecule has 2 saturated heterocycles. The maximum absolute atomic E-state index is 12.7. The highest BCUT2D eigenvalue weighted by Gasteiger charge is 2.38. The van der Waals surface area contributed by atoms with Gasteiger partial charge in [0.2, 0.25) is 0 Å². The highest BCUT2D eigenvalue weighted by atomic mass is 16.5. The van der Waals surface area contributed by atoms with Crippen LogP contribution < -0.4 is 10.1 Å². The van der Waals surface area contributed by atoms with E-state index in [9.17, 15) is 4.79 Å². The predicted molar refractivity (Wildman–Crippen MR) is 112 cm³/mol. The van der Waals surface area contributed by atoms with Crippen molar-refractivity contribution in [1.82, 2.24) is 10.2 Å². The Balaban J connectivity index is 1.41. The predicted octanol–water partition coefficient (Wildman–Crippen LogP) is 4.32. The first kappa shape index (κ1) is 19.0. The Labute approximate surface area is 167 Å². The Hall–Kier alpha value is -2.33. The molecule has 2 aliphatic heterocycles. The molecule has 1 N–H and O–H groups in total. The van der Waals surface area contributed by atoms with Gasteiger partial charge in [-0.15, -0.1) is 0 Å². The van der Waals surface area contributed by atoms with E-state index in [1.54, 1.807) is 7.11 Å². The molecule has 2 bridgehead atoms. The Kier molecular flexibility index (Phi) is 5.67. The van der Waals surface area contributed by atoms with Crippen LogP contribution in [0.15, 0.2) is 48.5 Å². The number of benzene rings is 2. The van der Waals surface area contributed by atoms with Crippen LogP contribution in [0.4, 0.5) is 0 Å². The number of carbonyl (C=O) groups is 1. The molecule has 2 atom stereocenters. The number of carbonyl (C=O) groups excluding carboxylic acids is 1. The zero-order valence-corrected chi connectivity index (χ0v) is 16.9. The zero-order valence-electron chi connectivity index (χ0n) is 16.9. The number of hydrogen-bond donors (Lipinski definition) is 1. The number of nitrogens with zero attached hydrogens (tertiary/aromatic N) is 1. The number of methoxy groups -OCH3 is 1. The SMILES string of the molecule is COc1ccc(CN2[C@H]3CCC[C@H]2CC(NC(=O)c2ccccc2C)C3)cc1. The van der Waals surface area contributed by atoms with E-state index >= 15 is 0 Å². The van der Waals surface area contributed by atoms with Crippen molar-refractivity contribution in [3.63, 3.8) is 0 Å². The molecule has 28 heavy (non-hydrogen) atoms. The number of piperidine rings is 2. The molecule has 0 aliphatic carbocycles. The average Bonchev–Trinajstić information content (AvgIpc) is 2.69. The first-order valence-electron chi connectivity index (χ1n) is 10.4. The van der Waals surface area contributed by atoms with E-state index in [0.29, 0.717) is 12.1 Å². The quantitative estimate of drug-likeness (QED) is 0.842. The van der Waals surface area contributed by atoms with Crippen LogP contribution in [0.2, 0.25) is 0 Å². The van der Waals surface area contributed by atoms with Gasteiger partial charge in [0.05, 0.1) is 7.11 Å². The summed E-state index contributed by atoms with van der Waals surface area (Å²) in [5.41, 5.74) is 3.17. The third kappa shape index (κ3) is 4.07. The minimum Gasteiger partial charge on any atom is -0.497 e. The standard InChI is InChI=1S/C24H30N2O2/c1-17-6-3-4-9-23(17)24(27)25-19-14-20-7-5-8-21(15-19)26(20)16-18-10-12-22(28-2)13-11-18/h3-4,6,9-13,19-21H,5,7-8,14-16H2,1-2H3,(H,25,27)/t20-,21-/m0/s1. The lowest BCUT2D eigenvalue weighted by Gasteiger charge is -2.49. The van der Waals surface area contributed by atoms with Gasteiger partial charge in [-0.05, 0) is 61.9 Å². The third-order valence-electron chi connectivity index (χ3n) is 6.38. The minimum atomic E-state index is 0.0739. The maximum atomic E-state index is 12.7. The Morgan fingerprint density at radius 2 is 1.75 bits per heavy atom. The molecule has 2 fully saturated rings. The summed E-state index contributed by atoms with van der Waals surface area (Å²) in [5, 5.41) is 3.32. The molecule has 4 heteroatoms. The number of nitrogens with one attached hydrogen (secondary N) is 1. The van der Waals surface area contributed by atoms with Crippen LogP contribution in [0.5, 0.6) is 5.75 Å². The van der Waals surface area contributed by atoms with E-state index in [0.717, 1.165) is 36.3 Å². The van der Waals surface area contributed by atoms with E-state index in [2.05, 4.69) is 22.3 Å². The van der Waals surface area contributed by atoms with Crippen molar-refractivity contribution in [3.05, 3.63) is 65.2 Å². The minimum absolute atomic E-state index is 0.0739. The second-order valence-corrected chi connectivity index (χ2v) is 8.22. The molecule has 0 radical (unpaired) electrons. The number of amides is 1. The van der Waals surface area contributed by atoms with Crippen LogP contribution in [0.25, 0.3) is 0 Å². The van der Waals surface area contributed by atoms with Crippen LogP contribution in [-0.4, -0.2) is 36.0 Å². The molecule has 2 aromatic rings. The van der Waals surface area contributed by atoms with Gasteiger partial charge < -0.3 is 10.1 Å². The highest BCUT2D eigenvalue weighted by molar-refractivity contribution is 5.95. The summed E-state index contributed by atoms with van der Waals surface area (Å²) in [6.07, 6.45) is 5.84. The van der Waals surface area contributed by atoms with E-state index in [4.69, 9.17) is 4.74 Å². The van der Waals surface area contributed by atoms with Crippen molar-refractivity contribution in [2.45, 2.75) is 63.7 Å². The van der Waals surface area contributed by atoms with Crippen molar-refractivity contribution in [3.8, 4) is 5.75 Å². The second-order valence-electron chi connectivity index (χ2n) is 8.22. The Morgan fingerprint density at radius 1 is 1.07 bits per heavy atom. The summed E-state index contributed by atoms with van der Waals surface area (Å²) >= 11 is 0. The summed E-state index contributed by atoms with van der Waals surface area (Å²) in [5.74, 6) is 0.978. The molecule has 2 aromatic carbocycles. The van der Waals surface area contributed by atoms with Gasteiger partial charge in [-0.25, -0.2) is 0 Å². The highest BCUT2D eigenvalue weighted by Crippen LogP contribution is 2.35. The molecule has 4 rings (SSSR count). The van der Waals surface area contributed by atoms with Gasteiger partial charge in [-0.1, -0.05) is 36.8 Å². The van der Waals surface area contributed by atoms with Crippen LogP contribution in [0, 0.1) is 6.92 Å². The zero-order chi connectivity index (χ0) is 19.5. The van der Waals surface area contributed by atoms with Crippen LogP contribution in [0.1, 0.15) is 53.6 Å². The number of ether oxygens (including phenoxy) is 1. The van der Waals surface area contributed by atoms with E-state index in [1.165, 1.54) is 24.8 Å². The number of fused-ring (bicyclic) bond motifs is 2. The number of rotatable bonds is 5. The summed E-state index contributed by atoms with van der Waals surface area (Å²) < 4.78 is 5.28. The van der Waals surface area contributed by atoms with Gasteiger partial charge in [-0.2, -0.15) is 0 Å². The van der Waals surface area contributed by atoms with Crippen LogP contribution in [-0.2, 0) is 6.54 Å². The van der Waals surface area contributed by atoms with Gasteiger partial charge in [-0.3, -0.25) is 9.69 Å². The molecular weight excluding hydrogens is 348 g/mol. The van der Waals surface area contributed by atoms with E-state index in [1.807, 2.05) is 43.3 Å². The molecule has 2 aliphatic rings. The average molecular weight is 379 g/mol. The first-order chi connectivity index (χ1) is 13.6. The Morgan fingerprint density at radius 3 is 2.39 bits per heavy atom. The smallest absolute Gasteiger partial charge is 0.251 e. The van der Waals surface area contributed by atoms with Crippen molar-refractivity contribution < 1.29 is 9.53 Å². The fourth-order valence-corrected chi connectivity index (χ4v) is 4.89.